The SMILES string of the molecule is [NH]c1cccc2c1C=CCO2. The predicted molar refractivity (Wildman–Crippen MR) is 43.7 cm³/mol. The monoisotopic (exact) mass is 146 g/mol. The van der Waals surface area contributed by atoms with Crippen molar-refractivity contribution in [2.45, 2.75) is 0 Å². The first-order valence-electron chi connectivity index (χ1n) is 3.52. The van der Waals surface area contributed by atoms with E-state index in [0.29, 0.717) is 12.3 Å². The van der Waals surface area contributed by atoms with Crippen LogP contribution in [-0.2, 0) is 0 Å². The summed E-state index contributed by atoms with van der Waals surface area (Å²) in [6, 6.07) is 5.48. The number of hydrogen-bond acceptors (Lipinski definition) is 1. The Balaban J connectivity index is 2.60. The fourth-order valence-electron chi connectivity index (χ4n) is 1.15. The largest absolute Gasteiger partial charge is 0.489 e. The fourth-order valence-corrected chi connectivity index (χ4v) is 1.15. The van der Waals surface area contributed by atoms with Crippen LogP contribution in [0.5, 0.6) is 5.75 Å². The Morgan fingerprint density at radius 1 is 1.36 bits per heavy atom. The zero-order chi connectivity index (χ0) is 7.68. The lowest BCUT2D eigenvalue weighted by Gasteiger charge is -2.12. The van der Waals surface area contributed by atoms with Gasteiger partial charge < -0.3 is 10.5 Å². The van der Waals surface area contributed by atoms with Gasteiger partial charge in [0.05, 0.1) is 5.69 Å². The maximum atomic E-state index is 7.52. The van der Waals surface area contributed by atoms with E-state index < -0.39 is 0 Å². The van der Waals surface area contributed by atoms with Crippen LogP contribution in [0.25, 0.3) is 6.08 Å². The Bertz CT molecular complexity index is 304. The van der Waals surface area contributed by atoms with E-state index >= 15 is 0 Å². The van der Waals surface area contributed by atoms with Gasteiger partial charge in [-0.25, -0.2) is 0 Å². The van der Waals surface area contributed by atoms with Crippen LogP contribution in [0.2, 0.25) is 0 Å². The second kappa shape index (κ2) is 2.31. The summed E-state index contributed by atoms with van der Waals surface area (Å²) in [6.07, 6.45) is 3.85. The number of benzene rings is 1. The third-order valence-corrected chi connectivity index (χ3v) is 1.69. The van der Waals surface area contributed by atoms with Crippen LogP contribution >= 0.6 is 0 Å². The van der Waals surface area contributed by atoms with E-state index in [-0.39, 0.29) is 0 Å². The third-order valence-electron chi connectivity index (χ3n) is 1.69. The summed E-state index contributed by atoms with van der Waals surface area (Å²) in [4.78, 5) is 0. The number of rotatable bonds is 0. The van der Waals surface area contributed by atoms with Crippen LogP contribution in [-0.4, -0.2) is 6.61 Å². The molecule has 0 unspecified atom stereocenters. The maximum Gasteiger partial charge on any atom is 0.129 e. The molecular weight excluding hydrogens is 138 g/mol. The van der Waals surface area contributed by atoms with E-state index in [4.69, 9.17) is 10.5 Å². The van der Waals surface area contributed by atoms with E-state index in [1.807, 2.05) is 24.3 Å². The van der Waals surface area contributed by atoms with Crippen molar-refractivity contribution >= 4 is 11.8 Å². The highest BCUT2D eigenvalue weighted by Crippen LogP contribution is 2.28. The summed E-state index contributed by atoms with van der Waals surface area (Å²) in [5.74, 6) is 0.819. The van der Waals surface area contributed by atoms with Crippen LogP contribution in [0.1, 0.15) is 5.56 Å². The van der Waals surface area contributed by atoms with Crippen molar-refractivity contribution < 1.29 is 4.74 Å². The zero-order valence-corrected chi connectivity index (χ0v) is 6.00. The van der Waals surface area contributed by atoms with E-state index in [2.05, 4.69) is 0 Å². The van der Waals surface area contributed by atoms with Gasteiger partial charge in [0.2, 0.25) is 0 Å². The van der Waals surface area contributed by atoms with E-state index in [1.165, 1.54) is 0 Å². The highest BCUT2D eigenvalue weighted by Gasteiger charge is 2.06. The molecule has 1 N–H and O–H groups in total. The minimum absolute atomic E-state index is 0.526. The van der Waals surface area contributed by atoms with Gasteiger partial charge in [0, 0.05) is 5.56 Å². The molecule has 0 fully saturated rings. The molecule has 55 valence electrons. The molecule has 0 bridgehead atoms. The van der Waals surface area contributed by atoms with Gasteiger partial charge in [-0.1, -0.05) is 6.07 Å². The van der Waals surface area contributed by atoms with Crippen molar-refractivity contribution in [3.63, 3.8) is 0 Å². The minimum Gasteiger partial charge on any atom is -0.489 e. The molecule has 1 heterocycles. The Kier molecular flexibility index (Phi) is 1.32. The molecule has 1 radical (unpaired) electrons. The van der Waals surface area contributed by atoms with Crippen molar-refractivity contribution in [1.82, 2.24) is 5.73 Å². The molecule has 1 aromatic rings. The first-order valence-corrected chi connectivity index (χ1v) is 3.52. The molecule has 0 saturated heterocycles. The molecule has 1 aromatic carbocycles. The van der Waals surface area contributed by atoms with Crippen LogP contribution in [0.3, 0.4) is 0 Å². The van der Waals surface area contributed by atoms with Crippen molar-refractivity contribution in [2.24, 2.45) is 0 Å². The van der Waals surface area contributed by atoms with E-state index in [1.54, 1.807) is 6.07 Å². The molecule has 2 heteroatoms. The molecule has 0 saturated carbocycles. The van der Waals surface area contributed by atoms with Crippen molar-refractivity contribution in [1.29, 1.82) is 0 Å². The quantitative estimate of drug-likeness (QED) is 0.551. The van der Waals surface area contributed by atoms with Crippen LogP contribution in [0.4, 0.5) is 5.69 Å². The maximum absolute atomic E-state index is 7.52. The number of fused-ring (bicyclic) bond motifs is 1. The lowest BCUT2D eigenvalue weighted by molar-refractivity contribution is 0.359. The van der Waals surface area contributed by atoms with Gasteiger partial charge in [0.1, 0.15) is 12.4 Å². The number of nitrogens with one attached hydrogen (secondary N) is 1. The van der Waals surface area contributed by atoms with Gasteiger partial charge in [-0.05, 0) is 24.3 Å². The van der Waals surface area contributed by atoms with Gasteiger partial charge >= 0.3 is 0 Å². The molecule has 0 spiro atoms. The van der Waals surface area contributed by atoms with Crippen molar-refractivity contribution in [3.8, 4) is 5.75 Å². The highest BCUT2D eigenvalue weighted by molar-refractivity contribution is 5.69. The molecule has 2 nitrogen and oxygen atoms in total. The van der Waals surface area contributed by atoms with Crippen LogP contribution < -0.4 is 10.5 Å². The molecule has 11 heavy (non-hydrogen) atoms. The molecule has 1 aliphatic heterocycles. The van der Waals surface area contributed by atoms with Gasteiger partial charge in [0.25, 0.3) is 0 Å². The summed E-state index contributed by atoms with van der Waals surface area (Å²) in [7, 11) is 0. The van der Waals surface area contributed by atoms with Crippen LogP contribution in [0, 0.1) is 0 Å². The Morgan fingerprint density at radius 3 is 3.09 bits per heavy atom. The average Bonchev–Trinajstić information content (AvgIpc) is 2.06. The smallest absolute Gasteiger partial charge is 0.129 e. The Labute approximate surface area is 65.3 Å². The van der Waals surface area contributed by atoms with Gasteiger partial charge in [-0.3, -0.25) is 0 Å². The summed E-state index contributed by atoms with van der Waals surface area (Å²) >= 11 is 0. The number of ether oxygens (including phenoxy) is 1. The third kappa shape index (κ3) is 0.963. The first-order chi connectivity index (χ1) is 5.38. The molecule has 0 atom stereocenters. The fraction of sp³-hybridized carbons (Fsp3) is 0.111. The molecule has 0 aromatic heterocycles. The van der Waals surface area contributed by atoms with E-state index in [9.17, 15) is 0 Å². The Hall–Kier alpha value is -1.44. The van der Waals surface area contributed by atoms with Crippen molar-refractivity contribution in [3.05, 3.63) is 29.8 Å². The molecular formula is C9H8NO. The lowest BCUT2D eigenvalue weighted by Crippen LogP contribution is -2.00. The summed E-state index contributed by atoms with van der Waals surface area (Å²) < 4.78 is 5.30. The van der Waals surface area contributed by atoms with Gasteiger partial charge in [-0.2, -0.15) is 0 Å². The summed E-state index contributed by atoms with van der Waals surface area (Å²) in [6.45, 7) is 0.621. The second-order valence-corrected chi connectivity index (χ2v) is 2.43. The first kappa shape index (κ1) is 6.28. The summed E-state index contributed by atoms with van der Waals surface area (Å²) in [5.41, 5.74) is 8.93. The average molecular weight is 146 g/mol. The zero-order valence-electron chi connectivity index (χ0n) is 6.00. The lowest BCUT2D eigenvalue weighted by atomic mass is 10.1. The number of hydrogen-bond donors (Lipinski definition) is 0. The normalized spacial score (nSPS) is 13.8. The molecule has 2 rings (SSSR count). The van der Waals surface area contributed by atoms with Crippen molar-refractivity contribution in [2.75, 3.05) is 6.61 Å². The topological polar surface area (TPSA) is 33.0 Å². The molecule has 0 aliphatic carbocycles. The van der Waals surface area contributed by atoms with Gasteiger partial charge in [0.15, 0.2) is 0 Å². The minimum atomic E-state index is 0.526. The molecule has 0 amide bonds. The standard InChI is InChI=1S/C9H8NO/c10-8-4-1-5-9-7(8)3-2-6-11-9/h1-5,10H,6H2. The van der Waals surface area contributed by atoms with Gasteiger partial charge in [-0.15, -0.1) is 0 Å². The summed E-state index contributed by atoms with van der Waals surface area (Å²) in [5, 5.41) is 0. The predicted octanol–water partition coefficient (Wildman–Crippen LogP) is 2.01. The second-order valence-electron chi connectivity index (χ2n) is 2.43. The van der Waals surface area contributed by atoms with Crippen LogP contribution in [0.15, 0.2) is 24.3 Å². The van der Waals surface area contributed by atoms with E-state index in [0.717, 1.165) is 11.3 Å². The Morgan fingerprint density at radius 2 is 2.27 bits per heavy atom. The highest BCUT2D eigenvalue weighted by atomic mass is 16.5. The molecule has 1 aliphatic rings.